The molecule has 0 atom stereocenters. The maximum absolute atomic E-state index is 13.5. The summed E-state index contributed by atoms with van der Waals surface area (Å²) < 4.78 is 53.1. The Hall–Kier alpha value is -2.37. The molecule has 2 nitrogen and oxygen atoms in total. The fourth-order valence-electron chi connectivity index (χ4n) is 1.66. The first-order chi connectivity index (χ1) is 8.90. The summed E-state index contributed by atoms with van der Waals surface area (Å²) in [6, 6.07) is 3.53. The van der Waals surface area contributed by atoms with E-state index in [0.29, 0.717) is 18.2 Å². The van der Waals surface area contributed by atoms with E-state index < -0.39 is 40.4 Å². The molecule has 6 heteroatoms. The van der Waals surface area contributed by atoms with Gasteiger partial charge in [-0.15, -0.1) is 0 Å². The van der Waals surface area contributed by atoms with Crippen LogP contribution in [0.1, 0.15) is 10.4 Å². The van der Waals surface area contributed by atoms with E-state index in [4.69, 9.17) is 5.11 Å². The molecule has 0 heterocycles. The lowest BCUT2D eigenvalue weighted by Crippen LogP contribution is -2.01. The predicted octanol–water partition coefficient (Wildman–Crippen LogP) is 3.61. The van der Waals surface area contributed by atoms with Crippen LogP contribution < -0.4 is 0 Å². The van der Waals surface area contributed by atoms with E-state index in [1.807, 2.05) is 0 Å². The average Bonchev–Trinajstić information content (AvgIpc) is 2.26. The van der Waals surface area contributed by atoms with Gasteiger partial charge in [0.05, 0.1) is 11.1 Å². The Bertz CT molecular complexity index is 645. The van der Waals surface area contributed by atoms with Gasteiger partial charge in [0.25, 0.3) is 0 Å². The van der Waals surface area contributed by atoms with Gasteiger partial charge in [0.2, 0.25) is 0 Å². The van der Waals surface area contributed by atoms with Crippen molar-refractivity contribution < 1.29 is 27.5 Å². The highest BCUT2D eigenvalue weighted by Crippen LogP contribution is 2.28. The number of hydrogen-bond acceptors (Lipinski definition) is 1. The quantitative estimate of drug-likeness (QED) is 0.846. The van der Waals surface area contributed by atoms with E-state index in [-0.39, 0.29) is 5.56 Å². The Morgan fingerprint density at radius 1 is 0.895 bits per heavy atom. The number of rotatable bonds is 2. The highest BCUT2D eigenvalue weighted by atomic mass is 19.1. The summed E-state index contributed by atoms with van der Waals surface area (Å²) in [5, 5.41) is 8.63. The van der Waals surface area contributed by atoms with Gasteiger partial charge in [0, 0.05) is 12.1 Å². The Labute approximate surface area is 104 Å². The lowest BCUT2D eigenvalue weighted by Gasteiger charge is -2.07. The molecule has 1 N–H and O–H groups in total. The third kappa shape index (κ3) is 2.42. The van der Waals surface area contributed by atoms with Crippen LogP contribution >= 0.6 is 0 Å². The molecule has 0 bridgehead atoms. The highest BCUT2D eigenvalue weighted by Gasteiger charge is 2.17. The van der Waals surface area contributed by atoms with Gasteiger partial charge in [-0.05, 0) is 17.7 Å². The van der Waals surface area contributed by atoms with Crippen LogP contribution in [0.15, 0.2) is 30.3 Å². The zero-order valence-corrected chi connectivity index (χ0v) is 9.25. The van der Waals surface area contributed by atoms with E-state index >= 15 is 0 Å². The average molecular weight is 270 g/mol. The molecule has 2 aromatic rings. The number of hydrogen-bond donors (Lipinski definition) is 1. The van der Waals surface area contributed by atoms with Crippen LogP contribution in [0.4, 0.5) is 17.6 Å². The number of halogens is 4. The first-order valence-electron chi connectivity index (χ1n) is 5.08. The standard InChI is InChI=1S/C13H6F4O2/c14-7-4-10(16)12(11(17)5-7)6-1-2-8(13(18)19)9(15)3-6/h1-5H,(H,18,19). The zero-order chi connectivity index (χ0) is 14.2. The highest BCUT2D eigenvalue weighted by molar-refractivity contribution is 5.88. The predicted molar refractivity (Wildman–Crippen MR) is 58.7 cm³/mol. The molecule has 0 spiro atoms. The van der Waals surface area contributed by atoms with Gasteiger partial charge >= 0.3 is 5.97 Å². The molecule has 0 saturated carbocycles. The largest absolute Gasteiger partial charge is 0.478 e. The molecule has 0 unspecified atom stereocenters. The van der Waals surface area contributed by atoms with Gasteiger partial charge in [-0.3, -0.25) is 0 Å². The van der Waals surface area contributed by atoms with Crippen LogP contribution in [0.2, 0.25) is 0 Å². The van der Waals surface area contributed by atoms with Crippen molar-refractivity contribution in [2.24, 2.45) is 0 Å². The molecule has 0 amide bonds. The van der Waals surface area contributed by atoms with Gasteiger partial charge in [-0.2, -0.15) is 0 Å². The molecule has 19 heavy (non-hydrogen) atoms. The Morgan fingerprint density at radius 2 is 1.47 bits per heavy atom. The monoisotopic (exact) mass is 270 g/mol. The summed E-state index contributed by atoms with van der Waals surface area (Å²) in [5.41, 5.74) is -1.44. The van der Waals surface area contributed by atoms with Crippen molar-refractivity contribution in [1.29, 1.82) is 0 Å². The van der Waals surface area contributed by atoms with Crippen molar-refractivity contribution in [3.8, 4) is 11.1 Å². The first-order valence-corrected chi connectivity index (χ1v) is 5.08. The molecule has 0 aliphatic rings. The molecule has 98 valence electrons. The minimum Gasteiger partial charge on any atom is -0.478 e. The molecule has 0 fully saturated rings. The normalized spacial score (nSPS) is 10.5. The van der Waals surface area contributed by atoms with Crippen molar-refractivity contribution in [3.05, 3.63) is 59.2 Å². The Morgan fingerprint density at radius 3 is 1.95 bits per heavy atom. The maximum atomic E-state index is 13.5. The molecule has 0 aliphatic heterocycles. The lowest BCUT2D eigenvalue weighted by atomic mass is 10.0. The summed E-state index contributed by atoms with van der Waals surface area (Å²) >= 11 is 0. The van der Waals surface area contributed by atoms with Gasteiger partial charge < -0.3 is 5.11 Å². The second-order valence-corrected chi connectivity index (χ2v) is 3.74. The van der Waals surface area contributed by atoms with E-state index in [1.165, 1.54) is 0 Å². The SMILES string of the molecule is O=C(O)c1ccc(-c2c(F)cc(F)cc2F)cc1F. The van der Waals surface area contributed by atoms with Crippen molar-refractivity contribution in [2.75, 3.05) is 0 Å². The number of carboxylic acids is 1. The van der Waals surface area contributed by atoms with Gasteiger partial charge in [0.15, 0.2) is 0 Å². The molecular weight excluding hydrogens is 264 g/mol. The van der Waals surface area contributed by atoms with Crippen LogP contribution in [0.3, 0.4) is 0 Å². The fourth-order valence-corrected chi connectivity index (χ4v) is 1.66. The summed E-state index contributed by atoms with van der Waals surface area (Å²) in [5.74, 6) is -6.11. The lowest BCUT2D eigenvalue weighted by molar-refractivity contribution is 0.0692. The maximum Gasteiger partial charge on any atom is 0.338 e. The van der Waals surface area contributed by atoms with Crippen molar-refractivity contribution in [2.45, 2.75) is 0 Å². The summed E-state index contributed by atoms with van der Waals surface area (Å²) in [7, 11) is 0. The van der Waals surface area contributed by atoms with Crippen LogP contribution in [0.25, 0.3) is 11.1 Å². The Balaban J connectivity index is 2.61. The topological polar surface area (TPSA) is 37.3 Å². The van der Waals surface area contributed by atoms with E-state index in [9.17, 15) is 22.4 Å². The van der Waals surface area contributed by atoms with Gasteiger partial charge in [-0.1, -0.05) is 6.07 Å². The van der Waals surface area contributed by atoms with Crippen molar-refractivity contribution in [1.82, 2.24) is 0 Å². The third-order valence-corrected chi connectivity index (χ3v) is 2.50. The molecular formula is C13H6F4O2. The van der Waals surface area contributed by atoms with E-state index in [0.717, 1.165) is 12.1 Å². The van der Waals surface area contributed by atoms with E-state index in [1.54, 1.807) is 0 Å². The van der Waals surface area contributed by atoms with Crippen LogP contribution in [0.5, 0.6) is 0 Å². The molecule has 0 radical (unpaired) electrons. The molecule has 2 aromatic carbocycles. The second kappa shape index (κ2) is 4.72. The first kappa shape index (κ1) is 13.1. The van der Waals surface area contributed by atoms with Gasteiger partial charge in [-0.25, -0.2) is 22.4 Å². The summed E-state index contributed by atoms with van der Waals surface area (Å²) in [6.07, 6.45) is 0. The summed E-state index contributed by atoms with van der Waals surface area (Å²) in [4.78, 5) is 10.6. The number of carbonyl (C=O) groups is 1. The minimum absolute atomic E-state index is 0.211. The van der Waals surface area contributed by atoms with Crippen LogP contribution in [-0.2, 0) is 0 Å². The van der Waals surface area contributed by atoms with Crippen molar-refractivity contribution in [3.63, 3.8) is 0 Å². The van der Waals surface area contributed by atoms with Crippen molar-refractivity contribution >= 4 is 5.97 Å². The minimum atomic E-state index is -1.50. The Kier molecular flexibility index (Phi) is 3.25. The third-order valence-electron chi connectivity index (χ3n) is 2.50. The van der Waals surface area contributed by atoms with Gasteiger partial charge in [0.1, 0.15) is 23.3 Å². The molecule has 0 aliphatic carbocycles. The molecule has 0 saturated heterocycles. The second-order valence-electron chi connectivity index (χ2n) is 3.74. The zero-order valence-electron chi connectivity index (χ0n) is 9.25. The fraction of sp³-hybridized carbons (Fsp3) is 0. The van der Waals surface area contributed by atoms with Crippen LogP contribution in [0, 0.1) is 23.3 Å². The number of carboxylic acid groups (broad SMARTS) is 1. The number of benzene rings is 2. The number of aromatic carboxylic acids is 1. The molecule has 0 aromatic heterocycles. The molecule has 2 rings (SSSR count). The van der Waals surface area contributed by atoms with E-state index in [2.05, 4.69) is 0 Å². The summed E-state index contributed by atoms with van der Waals surface area (Å²) in [6.45, 7) is 0. The smallest absolute Gasteiger partial charge is 0.338 e. The van der Waals surface area contributed by atoms with Crippen LogP contribution in [-0.4, -0.2) is 11.1 Å².